The highest BCUT2D eigenvalue weighted by atomic mass is 16.5. The number of nitrogens with zero attached hydrogens (tertiary/aromatic N) is 1. The molecule has 0 aromatic carbocycles. The predicted molar refractivity (Wildman–Crippen MR) is 72.4 cm³/mol. The molecule has 0 aliphatic carbocycles. The van der Waals surface area contributed by atoms with Gasteiger partial charge in [0.15, 0.2) is 0 Å². The monoisotopic (exact) mass is 261 g/mol. The van der Waals surface area contributed by atoms with Gasteiger partial charge in [-0.05, 0) is 26.0 Å². The fourth-order valence-corrected chi connectivity index (χ4v) is 1.36. The molecule has 4 heteroatoms. The molecule has 0 bridgehead atoms. The minimum absolute atomic E-state index is 0.210. The largest absolute Gasteiger partial charge is 0.462 e. The summed E-state index contributed by atoms with van der Waals surface area (Å²) in [4.78, 5) is 15.4. The van der Waals surface area contributed by atoms with Crippen molar-refractivity contribution in [3.05, 3.63) is 30.1 Å². The standard InChI is InChI=1S/C15H19NO3/c1-3-18-11-9-15(17)19-13(2)6-4-7-14-8-5-10-16-12-14/h5,8,10,12-13H,3,6,9,11H2,1-2H3/t13-/m0/s1. The summed E-state index contributed by atoms with van der Waals surface area (Å²) in [5, 5.41) is 0. The Morgan fingerprint density at radius 2 is 2.37 bits per heavy atom. The van der Waals surface area contributed by atoms with Crippen molar-refractivity contribution in [2.75, 3.05) is 13.2 Å². The molecule has 1 atom stereocenters. The number of hydrogen-bond donors (Lipinski definition) is 0. The highest BCUT2D eigenvalue weighted by Gasteiger charge is 2.07. The van der Waals surface area contributed by atoms with E-state index in [4.69, 9.17) is 9.47 Å². The number of ether oxygens (including phenoxy) is 2. The minimum atomic E-state index is -0.246. The van der Waals surface area contributed by atoms with Crippen molar-refractivity contribution in [3.8, 4) is 11.8 Å². The van der Waals surface area contributed by atoms with Crippen LogP contribution in [0.4, 0.5) is 0 Å². The number of pyridine rings is 1. The molecule has 0 saturated heterocycles. The molecule has 0 unspecified atom stereocenters. The zero-order valence-corrected chi connectivity index (χ0v) is 11.4. The van der Waals surface area contributed by atoms with Gasteiger partial charge >= 0.3 is 5.97 Å². The molecule has 0 fully saturated rings. The van der Waals surface area contributed by atoms with Gasteiger partial charge in [0, 0.05) is 31.0 Å². The Hall–Kier alpha value is -1.86. The van der Waals surface area contributed by atoms with E-state index in [0.29, 0.717) is 19.6 Å². The van der Waals surface area contributed by atoms with Gasteiger partial charge < -0.3 is 9.47 Å². The van der Waals surface area contributed by atoms with E-state index in [1.54, 1.807) is 12.4 Å². The number of carbonyl (C=O) groups excluding carboxylic acids is 1. The zero-order chi connectivity index (χ0) is 13.9. The Balaban J connectivity index is 2.26. The second-order valence-corrected chi connectivity index (χ2v) is 4.00. The van der Waals surface area contributed by atoms with Crippen LogP contribution in [0.25, 0.3) is 0 Å². The number of aromatic nitrogens is 1. The summed E-state index contributed by atoms with van der Waals surface area (Å²) in [6, 6.07) is 3.72. The van der Waals surface area contributed by atoms with Gasteiger partial charge in [-0.3, -0.25) is 9.78 Å². The highest BCUT2D eigenvalue weighted by molar-refractivity contribution is 5.69. The van der Waals surface area contributed by atoms with Crippen molar-refractivity contribution in [1.82, 2.24) is 4.98 Å². The first-order valence-electron chi connectivity index (χ1n) is 6.38. The Labute approximate surface area is 114 Å². The maximum atomic E-state index is 11.4. The Morgan fingerprint density at radius 3 is 3.05 bits per heavy atom. The van der Waals surface area contributed by atoms with Crippen LogP contribution < -0.4 is 0 Å². The molecule has 1 heterocycles. The van der Waals surface area contributed by atoms with Crippen LogP contribution in [0.15, 0.2) is 24.5 Å². The van der Waals surface area contributed by atoms with Gasteiger partial charge in [-0.15, -0.1) is 0 Å². The van der Waals surface area contributed by atoms with E-state index in [1.165, 1.54) is 0 Å². The fraction of sp³-hybridized carbons (Fsp3) is 0.467. The lowest BCUT2D eigenvalue weighted by atomic mass is 10.2. The van der Waals surface area contributed by atoms with Crippen LogP contribution in [0.2, 0.25) is 0 Å². The fourth-order valence-electron chi connectivity index (χ4n) is 1.36. The third-order valence-corrected chi connectivity index (χ3v) is 2.27. The Kier molecular flexibility index (Phi) is 7.30. The molecule has 0 aliphatic heterocycles. The third kappa shape index (κ3) is 7.22. The minimum Gasteiger partial charge on any atom is -0.462 e. The molecule has 0 saturated carbocycles. The Morgan fingerprint density at radius 1 is 1.53 bits per heavy atom. The second kappa shape index (κ2) is 9.12. The number of carbonyl (C=O) groups is 1. The first-order valence-corrected chi connectivity index (χ1v) is 6.38. The van der Waals surface area contributed by atoms with Crippen LogP contribution in [-0.2, 0) is 14.3 Å². The molecule has 19 heavy (non-hydrogen) atoms. The molecule has 0 spiro atoms. The zero-order valence-electron chi connectivity index (χ0n) is 11.4. The smallest absolute Gasteiger partial charge is 0.308 e. The summed E-state index contributed by atoms with van der Waals surface area (Å²) in [5.74, 6) is 5.70. The van der Waals surface area contributed by atoms with Crippen molar-refractivity contribution in [2.45, 2.75) is 32.8 Å². The summed E-state index contributed by atoms with van der Waals surface area (Å²) < 4.78 is 10.3. The van der Waals surface area contributed by atoms with E-state index in [0.717, 1.165) is 5.56 Å². The van der Waals surface area contributed by atoms with E-state index in [9.17, 15) is 4.79 Å². The van der Waals surface area contributed by atoms with Gasteiger partial charge in [-0.25, -0.2) is 0 Å². The first-order chi connectivity index (χ1) is 9.22. The van der Waals surface area contributed by atoms with Crippen molar-refractivity contribution in [2.24, 2.45) is 0 Å². The quantitative estimate of drug-likeness (QED) is 0.447. The summed E-state index contributed by atoms with van der Waals surface area (Å²) in [6.45, 7) is 4.74. The van der Waals surface area contributed by atoms with Gasteiger partial charge in [-0.2, -0.15) is 0 Å². The van der Waals surface area contributed by atoms with E-state index >= 15 is 0 Å². The van der Waals surface area contributed by atoms with Crippen LogP contribution >= 0.6 is 0 Å². The van der Waals surface area contributed by atoms with E-state index < -0.39 is 0 Å². The molecule has 1 aromatic heterocycles. The molecule has 4 nitrogen and oxygen atoms in total. The van der Waals surface area contributed by atoms with Gasteiger partial charge in [-0.1, -0.05) is 11.8 Å². The normalized spacial score (nSPS) is 11.3. The van der Waals surface area contributed by atoms with Crippen LogP contribution in [0, 0.1) is 11.8 Å². The van der Waals surface area contributed by atoms with Crippen molar-refractivity contribution in [3.63, 3.8) is 0 Å². The van der Waals surface area contributed by atoms with Crippen LogP contribution in [0.3, 0.4) is 0 Å². The van der Waals surface area contributed by atoms with Gasteiger partial charge in [0.1, 0.15) is 6.10 Å². The molecule has 0 aliphatic rings. The van der Waals surface area contributed by atoms with E-state index in [1.807, 2.05) is 26.0 Å². The lowest BCUT2D eigenvalue weighted by Crippen LogP contribution is -2.15. The maximum Gasteiger partial charge on any atom is 0.308 e. The van der Waals surface area contributed by atoms with Crippen molar-refractivity contribution >= 4 is 5.97 Å². The summed E-state index contributed by atoms with van der Waals surface area (Å²) >= 11 is 0. The van der Waals surface area contributed by atoms with Crippen LogP contribution in [-0.4, -0.2) is 30.3 Å². The molecular formula is C15H19NO3. The number of hydrogen-bond acceptors (Lipinski definition) is 4. The van der Waals surface area contributed by atoms with Crippen LogP contribution in [0.1, 0.15) is 32.3 Å². The molecule has 0 N–H and O–H groups in total. The van der Waals surface area contributed by atoms with Crippen molar-refractivity contribution in [1.29, 1.82) is 0 Å². The molecule has 0 radical (unpaired) electrons. The molecule has 1 aromatic rings. The summed E-state index contributed by atoms with van der Waals surface area (Å²) in [5.41, 5.74) is 0.859. The maximum absolute atomic E-state index is 11.4. The molecular weight excluding hydrogens is 242 g/mol. The SMILES string of the molecule is CCOCCC(=O)O[C@@H](C)CC#Cc1cccnc1. The van der Waals surface area contributed by atoms with Gasteiger partial charge in [0.2, 0.25) is 0 Å². The lowest BCUT2D eigenvalue weighted by molar-refractivity contribution is -0.149. The number of rotatable bonds is 6. The number of esters is 1. The second-order valence-electron chi connectivity index (χ2n) is 4.00. The average Bonchev–Trinajstić information content (AvgIpc) is 2.40. The summed E-state index contributed by atoms with van der Waals surface area (Å²) in [6.07, 6.45) is 3.99. The first kappa shape index (κ1) is 15.2. The predicted octanol–water partition coefficient (Wildman–Crippen LogP) is 2.18. The average molecular weight is 261 g/mol. The Bertz CT molecular complexity index is 434. The van der Waals surface area contributed by atoms with Gasteiger partial charge in [0.25, 0.3) is 0 Å². The van der Waals surface area contributed by atoms with Crippen molar-refractivity contribution < 1.29 is 14.3 Å². The van der Waals surface area contributed by atoms with E-state index in [2.05, 4.69) is 16.8 Å². The molecule has 0 amide bonds. The third-order valence-electron chi connectivity index (χ3n) is 2.27. The van der Waals surface area contributed by atoms with E-state index in [-0.39, 0.29) is 18.5 Å². The molecule has 1 rings (SSSR count). The summed E-state index contributed by atoms with van der Waals surface area (Å²) in [7, 11) is 0. The lowest BCUT2D eigenvalue weighted by Gasteiger charge is -2.10. The van der Waals surface area contributed by atoms with Crippen LogP contribution in [0.5, 0.6) is 0 Å². The molecule has 102 valence electrons. The topological polar surface area (TPSA) is 48.4 Å². The highest BCUT2D eigenvalue weighted by Crippen LogP contribution is 2.00. The van der Waals surface area contributed by atoms with Gasteiger partial charge in [0.05, 0.1) is 13.0 Å².